The summed E-state index contributed by atoms with van der Waals surface area (Å²) in [6.07, 6.45) is 2.97. The van der Waals surface area contributed by atoms with Crippen LogP contribution in [0, 0.1) is 11.7 Å². The normalized spacial score (nSPS) is 16.2. The van der Waals surface area contributed by atoms with E-state index in [0.717, 1.165) is 43.4 Å². The first-order valence-corrected chi connectivity index (χ1v) is 8.84. The van der Waals surface area contributed by atoms with Gasteiger partial charge in [-0.1, -0.05) is 26.0 Å². The van der Waals surface area contributed by atoms with Gasteiger partial charge in [-0.25, -0.2) is 4.39 Å². The molecule has 0 aliphatic carbocycles. The molecule has 1 aliphatic heterocycles. The minimum atomic E-state index is -0.332. The van der Waals surface area contributed by atoms with Crippen LogP contribution in [0.4, 0.5) is 4.39 Å². The average Bonchev–Trinajstić information content (AvgIpc) is 3.21. The third-order valence-electron chi connectivity index (χ3n) is 4.80. The highest BCUT2D eigenvalue weighted by atomic mass is 19.1. The predicted molar refractivity (Wildman–Crippen MR) is 92.3 cm³/mol. The van der Waals surface area contributed by atoms with Crippen LogP contribution in [0.5, 0.6) is 0 Å². The van der Waals surface area contributed by atoms with E-state index in [9.17, 15) is 4.39 Å². The smallest absolute Gasteiger partial charge is 0.291 e. The molecule has 4 rings (SSSR count). The lowest BCUT2D eigenvalue weighted by atomic mass is 9.95. The van der Waals surface area contributed by atoms with E-state index in [2.05, 4.69) is 20.6 Å². The van der Waals surface area contributed by atoms with Crippen LogP contribution >= 0.6 is 0 Å². The number of benzene rings is 1. The summed E-state index contributed by atoms with van der Waals surface area (Å²) in [5, 5.41) is 12.7. The molecule has 0 radical (unpaired) electrons. The molecular formula is C18H22FN5O. The third-order valence-corrected chi connectivity index (χ3v) is 4.80. The highest BCUT2D eigenvalue weighted by Gasteiger charge is 2.22. The van der Waals surface area contributed by atoms with Crippen molar-refractivity contribution in [1.82, 2.24) is 25.2 Å². The van der Waals surface area contributed by atoms with Crippen LogP contribution in [-0.2, 0) is 6.42 Å². The van der Waals surface area contributed by atoms with Crippen LogP contribution in [0.15, 0.2) is 22.7 Å². The molecule has 1 saturated heterocycles. The Bertz CT molecular complexity index is 879. The van der Waals surface area contributed by atoms with Gasteiger partial charge in [-0.3, -0.25) is 0 Å². The number of nitrogens with one attached hydrogen (secondary N) is 1. The van der Waals surface area contributed by atoms with Crippen molar-refractivity contribution in [2.45, 2.75) is 39.0 Å². The van der Waals surface area contributed by atoms with Gasteiger partial charge in [-0.2, -0.15) is 14.8 Å². The Balaban J connectivity index is 1.70. The van der Waals surface area contributed by atoms with Crippen molar-refractivity contribution in [3.8, 4) is 5.95 Å². The number of para-hydroxylation sites is 1. The molecular weight excluding hydrogens is 321 g/mol. The second-order valence-electron chi connectivity index (χ2n) is 6.97. The number of aromatic nitrogens is 4. The van der Waals surface area contributed by atoms with E-state index in [1.54, 1.807) is 6.07 Å². The third kappa shape index (κ3) is 3.04. The molecule has 1 aromatic carbocycles. The van der Waals surface area contributed by atoms with E-state index >= 15 is 0 Å². The minimum absolute atomic E-state index is 0.173. The maximum absolute atomic E-state index is 14.4. The fourth-order valence-electron chi connectivity index (χ4n) is 3.47. The van der Waals surface area contributed by atoms with E-state index in [-0.39, 0.29) is 11.7 Å². The Morgan fingerprint density at radius 1 is 1.32 bits per heavy atom. The summed E-state index contributed by atoms with van der Waals surface area (Å²) in [5.41, 5.74) is 1.24. The molecule has 1 aliphatic rings. The van der Waals surface area contributed by atoms with Crippen molar-refractivity contribution in [3.63, 3.8) is 0 Å². The van der Waals surface area contributed by atoms with Gasteiger partial charge in [-0.15, -0.1) is 0 Å². The summed E-state index contributed by atoms with van der Waals surface area (Å²) in [6.45, 7) is 6.13. The molecule has 3 heterocycles. The van der Waals surface area contributed by atoms with Crippen molar-refractivity contribution in [2.24, 2.45) is 5.92 Å². The van der Waals surface area contributed by atoms with Gasteiger partial charge in [0.2, 0.25) is 5.89 Å². The summed E-state index contributed by atoms with van der Waals surface area (Å²) in [7, 11) is 0. The molecule has 6 nitrogen and oxygen atoms in total. The Labute approximate surface area is 145 Å². The van der Waals surface area contributed by atoms with E-state index in [4.69, 9.17) is 4.52 Å². The molecule has 0 spiro atoms. The first kappa shape index (κ1) is 16.2. The van der Waals surface area contributed by atoms with E-state index in [1.165, 1.54) is 10.7 Å². The maximum atomic E-state index is 14.4. The van der Waals surface area contributed by atoms with Gasteiger partial charge in [0, 0.05) is 11.8 Å². The minimum Gasteiger partial charge on any atom is -0.337 e. The van der Waals surface area contributed by atoms with Crippen molar-refractivity contribution in [2.75, 3.05) is 13.1 Å². The van der Waals surface area contributed by atoms with E-state index in [0.29, 0.717) is 23.3 Å². The van der Waals surface area contributed by atoms with E-state index in [1.807, 2.05) is 19.9 Å². The molecule has 0 atom stereocenters. The van der Waals surface area contributed by atoms with Crippen LogP contribution in [0.2, 0.25) is 0 Å². The van der Waals surface area contributed by atoms with Crippen LogP contribution in [-0.4, -0.2) is 33.0 Å². The molecule has 0 saturated carbocycles. The summed E-state index contributed by atoms with van der Waals surface area (Å²) in [4.78, 5) is 4.47. The molecule has 1 N–H and O–H groups in total. The number of hydrogen-bond donors (Lipinski definition) is 1. The first-order chi connectivity index (χ1) is 12.1. The Hall–Kier alpha value is -2.28. The standard InChI is InChI=1S/C18H22FN5O/c1-11(2)16-13-4-3-5-14(19)17(13)24(22-16)18-21-15(25-23-18)10-12-6-8-20-9-7-12/h3-5,11-12,20H,6-10H2,1-2H3. The zero-order valence-electron chi connectivity index (χ0n) is 14.5. The van der Waals surface area contributed by atoms with Gasteiger partial charge < -0.3 is 9.84 Å². The van der Waals surface area contributed by atoms with Crippen LogP contribution in [0.1, 0.15) is 44.2 Å². The van der Waals surface area contributed by atoms with Gasteiger partial charge in [0.15, 0.2) is 0 Å². The predicted octanol–water partition coefficient (Wildman–Crippen LogP) is 3.21. The summed E-state index contributed by atoms with van der Waals surface area (Å²) in [6, 6.07) is 5.02. The monoisotopic (exact) mass is 343 g/mol. The van der Waals surface area contributed by atoms with E-state index < -0.39 is 0 Å². The van der Waals surface area contributed by atoms with Gasteiger partial charge in [0.05, 0.1) is 5.69 Å². The topological polar surface area (TPSA) is 68.8 Å². The number of hydrogen-bond acceptors (Lipinski definition) is 5. The molecule has 2 aromatic heterocycles. The lowest BCUT2D eigenvalue weighted by Crippen LogP contribution is -2.28. The van der Waals surface area contributed by atoms with Gasteiger partial charge >= 0.3 is 0 Å². The molecule has 0 amide bonds. The lowest BCUT2D eigenvalue weighted by Gasteiger charge is -2.20. The average molecular weight is 343 g/mol. The number of nitrogens with zero attached hydrogens (tertiary/aromatic N) is 4. The zero-order chi connectivity index (χ0) is 17.4. The van der Waals surface area contributed by atoms with Crippen LogP contribution < -0.4 is 5.32 Å². The largest absolute Gasteiger partial charge is 0.337 e. The summed E-state index contributed by atoms with van der Waals surface area (Å²) < 4.78 is 21.3. The fraction of sp³-hybridized carbons (Fsp3) is 0.500. The molecule has 0 unspecified atom stereocenters. The van der Waals surface area contributed by atoms with Crippen molar-refractivity contribution < 1.29 is 8.91 Å². The Morgan fingerprint density at radius 3 is 2.88 bits per heavy atom. The van der Waals surface area contributed by atoms with Gasteiger partial charge in [-0.05, 0) is 49.0 Å². The second kappa shape index (κ2) is 6.55. The quantitative estimate of drug-likeness (QED) is 0.788. The summed E-state index contributed by atoms with van der Waals surface area (Å²) in [5.74, 6) is 1.28. The fourth-order valence-corrected chi connectivity index (χ4v) is 3.47. The van der Waals surface area contributed by atoms with Crippen LogP contribution in [0.3, 0.4) is 0 Å². The Morgan fingerprint density at radius 2 is 2.12 bits per heavy atom. The van der Waals surface area contributed by atoms with Crippen LogP contribution in [0.25, 0.3) is 16.9 Å². The second-order valence-corrected chi connectivity index (χ2v) is 6.97. The number of fused-ring (bicyclic) bond motifs is 1. The molecule has 0 bridgehead atoms. The molecule has 25 heavy (non-hydrogen) atoms. The lowest BCUT2D eigenvalue weighted by molar-refractivity contribution is 0.312. The number of halogens is 1. The Kier molecular flexibility index (Phi) is 4.25. The maximum Gasteiger partial charge on any atom is 0.291 e. The van der Waals surface area contributed by atoms with Gasteiger partial charge in [0.1, 0.15) is 11.3 Å². The van der Waals surface area contributed by atoms with Crippen molar-refractivity contribution in [3.05, 3.63) is 35.6 Å². The zero-order valence-corrected chi connectivity index (χ0v) is 14.5. The molecule has 1 fully saturated rings. The van der Waals surface area contributed by atoms with Crippen molar-refractivity contribution >= 4 is 10.9 Å². The first-order valence-electron chi connectivity index (χ1n) is 8.84. The molecule has 132 valence electrons. The highest BCUT2D eigenvalue weighted by molar-refractivity contribution is 5.84. The van der Waals surface area contributed by atoms with Gasteiger partial charge in [0.25, 0.3) is 5.95 Å². The van der Waals surface area contributed by atoms with Crippen molar-refractivity contribution in [1.29, 1.82) is 0 Å². The number of rotatable bonds is 4. The number of piperidine rings is 1. The molecule has 7 heteroatoms. The SMILES string of the molecule is CC(C)c1nn(-c2noc(CC3CCNCC3)n2)c2c(F)cccc12. The summed E-state index contributed by atoms with van der Waals surface area (Å²) >= 11 is 0. The highest BCUT2D eigenvalue weighted by Crippen LogP contribution is 2.28. The molecule has 3 aromatic rings.